The lowest BCUT2D eigenvalue weighted by molar-refractivity contribution is -0.384. The monoisotopic (exact) mass is 302 g/mol. The number of furan rings is 1. The van der Waals surface area contributed by atoms with Crippen molar-refractivity contribution in [1.82, 2.24) is 5.32 Å². The van der Waals surface area contributed by atoms with Gasteiger partial charge in [0.1, 0.15) is 11.5 Å². The highest BCUT2D eigenvalue weighted by molar-refractivity contribution is 5.92. The third-order valence-corrected chi connectivity index (χ3v) is 3.41. The van der Waals surface area contributed by atoms with Crippen LogP contribution >= 0.6 is 0 Å². The van der Waals surface area contributed by atoms with Gasteiger partial charge in [0.05, 0.1) is 23.7 Å². The number of methoxy groups -OCH3 is 1. The van der Waals surface area contributed by atoms with Crippen LogP contribution in [-0.2, 0) is 0 Å². The van der Waals surface area contributed by atoms with Crippen LogP contribution in [0.5, 0.6) is 5.75 Å². The minimum atomic E-state index is -0.510. The maximum absolute atomic E-state index is 11.9. The Morgan fingerprint density at radius 2 is 2.14 bits per heavy atom. The van der Waals surface area contributed by atoms with E-state index in [1.54, 1.807) is 18.2 Å². The van der Waals surface area contributed by atoms with Gasteiger partial charge in [0.15, 0.2) is 5.76 Å². The van der Waals surface area contributed by atoms with Crippen molar-refractivity contribution in [2.45, 2.75) is 18.9 Å². The summed E-state index contributed by atoms with van der Waals surface area (Å²) >= 11 is 0. The summed E-state index contributed by atoms with van der Waals surface area (Å²) in [5.74, 6) is 0.501. The van der Waals surface area contributed by atoms with Crippen LogP contribution in [-0.4, -0.2) is 24.0 Å². The van der Waals surface area contributed by atoms with E-state index >= 15 is 0 Å². The lowest BCUT2D eigenvalue weighted by atomic mass is 10.1. The van der Waals surface area contributed by atoms with Gasteiger partial charge in [-0.25, -0.2) is 0 Å². The van der Waals surface area contributed by atoms with Gasteiger partial charge in [0.2, 0.25) is 0 Å². The van der Waals surface area contributed by atoms with Crippen molar-refractivity contribution in [2.75, 3.05) is 7.11 Å². The van der Waals surface area contributed by atoms with Gasteiger partial charge in [-0.1, -0.05) is 0 Å². The summed E-state index contributed by atoms with van der Waals surface area (Å²) in [5.41, 5.74) is 0.166. The zero-order valence-corrected chi connectivity index (χ0v) is 11.9. The fourth-order valence-electron chi connectivity index (χ4n) is 2.09. The molecule has 1 heterocycles. The van der Waals surface area contributed by atoms with Crippen molar-refractivity contribution in [1.29, 1.82) is 0 Å². The fourth-order valence-corrected chi connectivity index (χ4v) is 2.09. The van der Waals surface area contributed by atoms with Crippen molar-refractivity contribution in [3.8, 4) is 17.1 Å². The van der Waals surface area contributed by atoms with E-state index in [2.05, 4.69) is 5.32 Å². The van der Waals surface area contributed by atoms with E-state index in [-0.39, 0.29) is 29.2 Å². The second kappa shape index (κ2) is 5.51. The van der Waals surface area contributed by atoms with Crippen molar-refractivity contribution in [3.63, 3.8) is 0 Å². The topological polar surface area (TPSA) is 94.6 Å². The van der Waals surface area contributed by atoms with E-state index in [0.29, 0.717) is 11.3 Å². The van der Waals surface area contributed by atoms with Gasteiger partial charge in [-0.05, 0) is 37.1 Å². The van der Waals surface area contributed by atoms with Crippen molar-refractivity contribution in [3.05, 3.63) is 46.2 Å². The van der Waals surface area contributed by atoms with E-state index in [4.69, 9.17) is 9.15 Å². The number of nitrogens with zero attached hydrogens (tertiary/aromatic N) is 1. The molecule has 2 aromatic rings. The Hall–Kier alpha value is -2.83. The van der Waals surface area contributed by atoms with Gasteiger partial charge < -0.3 is 14.5 Å². The van der Waals surface area contributed by atoms with Crippen LogP contribution in [0.2, 0.25) is 0 Å². The Kier molecular flexibility index (Phi) is 3.54. The number of nitro groups is 1. The number of nitrogens with one attached hydrogen (secondary N) is 1. The first kappa shape index (κ1) is 14.1. The summed E-state index contributed by atoms with van der Waals surface area (Å²) in [6.07, 6.45) is 1.95. The predicted molar refractivity (Wildman–Crippen MR) is 77.8 cm³/mol. The third-order valence-electron chi connectivity index (χ3n) is 3.41. The van der Waals surface area contributed by atoms with E-state index in [9.17, 15) is 14.9 Å². The number of rotatable bonds is 5. The molecule has 1 aliphatic carbocycles. The van der Waals surface area contributed by atoms with Crippen LogP contribution < -0.4 is 10.1 Å². The molecule has 1 N–H and O–H groups in total. The Bertz CT molecular complexity index is 733. The fraction of sp³-hybridized carbons (Fsp3) is 0.267. The number of ether oxygens (including phenoxy) is 1. The number of hydrogen-bond donors (Lipinski definition) is 1. The number of carbonyl (C=O) groups is 1. The molecule has 0 atom stereocenters. The predicted octanol–water partition coefficient (Wildman–Crippen LogP) is 2.76. The van der Waals surface area contributed by atoms with Crippen molar-refractivity contribution in [2.24, 2.45) is 0 Å². The molecule has 114 valence electrons. The smallest absolute Gasteiger partial charge is 0.287 e. The number of amides is 1. The molecule has 7 nitrogen and oxygen atoms in total. The number of carbonyl (C=O) groups excluding carboxylic acids is 1. The van der Waals surface area contributed by atoms with Crippen molar-refractivity contribution < 1.29 is 18.9 Å². The minimum absolute atomic E-state index is 0.136. The Balaban J connectivity index is 1.92. The first-order valence-corrected chi connectivity index (χ1v) is 6.82. The summed E-state index contributed by atoms with van der Waals surface area (Å²) in [6.45, 7) is 0. The van der Waals surface area contributed by atoms with Crippen molar-refractivity contribution >= 4 is 11.6 Å². The van der Waals surface area contributed by atoms with Crippen LogP contribution in [0.15, 0.2) is 34.7 Å². The second-order valence-electron chi connectivity index (χ2n) is 5.05. The van der Waals surface area contributed by atoms with Crippen LogP contribution in [0.25, 0.3) is 11.3 Å². The molecule has 1 amide bonds. The molecule has 1 saturated carbocycles. The van der Waals surface area contributed by atoms with Gasteiger partial charge in [0, 0.05) is 6.04 Å². The standard InChI is InChI=1S/C15H14N2O5/c1-21-10-4-5-11(12(8-10)17(19)20)13-6-7-14(22-13)15(18)16-9-2-3-9/h4-9H,2-3H2,1H3,(H,16,18). The normalized spacial score (nSPS) is 13.7. The van der Waals surface area contributed by atoms with Gasteiger partial charge in [-0.3, -0.25) is 14.9 Å². The van der Waals surface area contributed by atoms with Crippen LogP contribution in [0.3, 0.4) is 0 Å². The molecule has 0 radical (unpaired) electrons. The van der Waals surface area contributed by atoms with Crippen LogP contribution in [0, 0.1) is 10.1 Å². The number of hydrogen-bond acceptors (Lipinski definition) is 5. The van der Waals surface area contributed by atoms with Crippen LogP contribution in [0.4, 0.5) is 5.69 Å². The molecular weight excluding hydrogens is 288 g/mol. The SMILES string of the molecule is COc1ccc(-c2ccc(C(=O)NC3CC3)o2)c([N+](=O)[O-])c1. The van der Waals surface area contributed by atoms with E-state index in [0.717, 1.165) is 12.8 Å². The van der Waals surface area contributed by atoms with Gasteiger partial charge >= 0.3 is 0 Å². The summed E-state index contributed by atoms with van der Waals surface area (Å²) in [4.78, 5) is 22.6. The largest absolute Gasteiger partial charge is 0.497 e. The minimum Gasteiger partial charge on any atom is -0.497 e. The molecule has 1 aliphatic rings. The summed E-state index contributed by atoms with van der Waals surface area (Å²) in [7, 11) is 1.44. The Labute approximate surface area is 126 Å². The molecule has 1 fully saturated rings. The molecule has 3 rings (SSSR count). The molecule has 0 aliphatic heterocycles. The van der Waals surface area contributed by atoms with Gasteiger partial charge in [-0.2, -0.15) is 0 Å². The molecular formula is C15H14N2O5. The maximum Gasteiger partial charge on any atom is 0.287 e. The zero-order chi connectivity index (χ0) is 15.7. The highest BCUT2D eigenvalue weighted by Crippen LogP contribution is 2.34. The Morgan fingerprint density at radius 1 is 1.36 bits per heavy atom. The quantitative estimate of drug-likeness (QED) is 0.677. The summed E-state index contributed by atoms with van der Waals surface area (Å²) in [6, 6.07) is 7.75. The van der Waals surface area contributed by atoms with Gasteiger partial charge in [0.25, 0.3) is 11.6 Å². The molecule has 22 heavy (non-hydrogen) atoms. The molecule has 0 spiro atoms. The van der Waals surface area contributed by atoms with E-state index in [1.807, 2.05) is 0 Å². The van der Waals surface area contributed by atoms with E-state index in [1.165, 1.54) is 19.2 Å². The molecule has 0 unspecified atom stereocenters. The highest BCUT2D eigenvalue weighted by Gasteiger charge is 2.26. The molecule has 0 saturated heterocycles. The average molecular weight is 302 g/mol. The van der Waals surface area contributed by atoms with Crippen LogP contribution in [0.1, 0.15) is 23.4 Å². The molecule has 7 heteroatoms. The van der Waals surface area contributed by atoms with Gasteiger partial charge in [-0.15, -0.1) is 0 Å². The average Bonchev–Trinajstić information content (AvgIpc) is 3.18. The first-order chi connectivity index (χ1) is 10.6. The highest BCUT2D eigenvalue weighted by atomic mass is 16.6. The zero-order valence-electron chi connectivity index (χ0n) is 11.9. The molecule has 1 aromatic carbocycles. The third kappa shape index (κ3) is 2.78. The van der Waals surface area contributed by atoms with E-state index < -0.39 is 4.92 Å². The Morgan fingerprint density at radius 3 is 2.77 bits per heavy atom. The number of nitro benzene ring substituents is 1. The lowest BCUT2D eigenvalue weighted by Gasteiger charge is -2.03. The number of benzene rings is 1. The summed E-state index contributed by atoms with van der Waals surface area (Å²) in [5, 5.41) is 14.0. The molecule has 0 bridgehead atoms. The second-order valence-corrected chi connectivity index (χ2v) is 5.05. The molecule has 1 aromatic heterocycles. The lowest BCUT2D eigenvalue weighted by Crippen LogP contribution is -2.24. The first-order valence-electron chi connectivity index (χ1n) is 6.82. The maximum atomic E-state index is 11.9. The summed E-state index contributed by atoms with van der Waals surface area (Å²) < 4.78 is 10.5.